The lowest BCUT2D eigenvalue weighted by molar-refractivity contribution is -0.122. The maximum absolute atomic E-state index is 11.8. The topological polar surface area (TPSA) is 55.1 Å². The van der Waals surface area contributed by atoms with Crippen molar-refractivity contribution in [1.82, 2.24) is 5.32 Å². The number of nitrogens with two attached hydrogens (primary N) is 1. The third kappa shape index (κ3) is 6.39. The van der Waals surface area contributed by atoms with Crippen molar-refractivity contribution >= 4 is 5.91 Å². The molecule has 18 heavy (non-hydrogen) atoms. The molecule has 1 amide bonds. The second-order valence-electron chi connectivity index (χ2n) is 5.94. The van der Waals surface area contributed by atoms with Crippen molar-refractivity contribution in [2.75, 3.05) is 0 Å². The molecule has 3 atom stereocenters. The summed E-state index contributed by atoms with van der Waals surface area (Å²) in [5.74, 6) is 0.892. The molecule has 1 fully saturated rings. The first-order valence-corrected chi connectivity index (χ1v) is 7.66. The van der Waals surface area contributed by atoms with Gasteiger partial charge in [0.1, 0.15) is 0 Å². The number of carbonyl (C=O) groups excluding carboxylic acids is 1. The van der Waals surface area contributed by atoms with Crippen LogP contribution in [0.1, 0.15) is 71.6 Å². The molecule has 1 rings (SSSR count). The lowest BCUT2D eigenvalue weighted by atomic mass is 9.83. The number of hydrogen-bond donors (Lipinski definition) is 2. The minimum Gasteiger partial charge on any atom is -0.354 e. The molecule has 106 valence electrons. The van der Waals surface area contributed by atoms with E-state index >= 15 is 0 Å². The molecule has 3 unspecified atom stereocenters. The van der Waals surface area contributed by atoms with Crippen molar-refractivity contribution in [2.24, 2.45) is 11.7 Å². The van der Waals surface area contributed by atoms with Crippen molar-refractivity contribution in [1.29, 1.82) is 0 Å². The molecule has 0 heterocycles. The molecule has 0 saturated heterocycles. The summed E-state index contributed by atoms with van der Waals surface area (Å²) in [4.78, 5) is 11.8. The molecule has 0 aromatic heterocycles. The Balaban J connectivity index is 2.12. The van der Waals surface area contributed by atoms with Gasteiger partial charge in [0.25, 0.3) is 0 Å². The van der Waals surface area contributed by atoms with E-state index in [1.807, 2.05) is 0 Å². The molecule has 0 aromatic rings. The minimum absolute atomic E-state index is 0.220. The van der Waals surface area contributed by atoms with Crippen LogP contribution in [0.3, 0.4) is 0 Å². The summed E-state index contributed by atoms with van der Waals surface area (Å²) in [5, 5.41) is 3.10. The third-order valence-corrected chi connectivity index (χ3v) is 4.00. The number of hydrogen-bond acceptors (Lipinski definition) is 2. The standard InChI is InChI=1S/C15H30N2O/c1-3-4-6-12(2)17-15(18)10-9-13-7-5-8-14(16)11-13/h12-14H,3-11,16H2,1-2H3,(H,17,18). The molecule has 0 aliphatic heterocycles. The summed E-state index contributed by atoms with van der Waals surface area (Å²) >= 11 is 0. The molecule has 3 N–H and O–H groups in total. The number of amides is 1. The van der Waals surface area contributed by atoms with Gasteiger partial charge >= 0.3 is 0 Å². The zero-order valence-electron chi connectivity index (χ0n) is 12.1. The summed E-state index contributed by atoms with van der Waals surface area (Å²) in [7, 11) is 0. The predicted octanol–water partition coefficient (Wildman–Crippen LogP) is 2.98. The predicted molar refractivity (Wildman–Crippen MR) is 76.3 cm³/mol. The van der Waals surface area contributed by atoms with Crippen LogP contribution in [0.4, 0.5) is 0 Å². The van der Waals surface area contributed by atoms with Gasteiger partial charge in [0.2, 0.25) is 5.91 Å². The molecular formula is C15H30N2O. The van der Waals surface area contributed by atoms with Crippen molar-refractivity contribution in [3.05, 3.63) is 0 Å². The number of unbranched alkanes of at least 4 members (excludes halogenated alkanes) is 1. The van der Waals surface area contributed by atoms with Gasteiger partial charge in [-0.3, -0.25) is 4.79 Å². The molecule has 1 aliphatic rings. The second-order valence-corrected chi connectivity index (χ2v) is 5.94. The van der Waals surface area contributed by atoms with Gasteiger partial charge in [-0.15, -0.1) is 0 Å². The highest BCUT2D eigenvalue weighted by Gasteiger charge is 2.20. The van der Waals surface area contributed by atoms with E-state index < -0.39 is 0 Å². The summed E-state index contributed by atoms with van der Waals surface area (Å²) in [6, 6.07) is 0.696. The van der Waals surface area contributed by atoms with Gasteiger partial charge in [0.05, 0.1) is 0 Å². The van der Waals surface area contributed by atoms with Crippen LogP contribution in [0.5, 0.6) is 0 Å². The van der Waals surface area contributed by atoms with Gasteiger partial charge in [0.15, 0.2) is 0 Å². The smallest absolute Gasteiger partial charge is 0.220 e. The van der Waals surface area contributed by atoms with E-state index in [0.29, 0.717) is 24.4 Å². The Labute approximate surface area is 112 Å². The lowest BCUT2D eigenvalue weighted by Crippen LogP contribution is -2.33. The first-order chi connectivity index (χ1) is 8.61. The Hall–Kier alpha value is -0.570. The first-order valence-electron chi connectivity index (χ1n) is 7.66. The van der Waals surface area contributed by atoms with Crippen molar-refractivity contribution < 1.29 is 4.79 Å². The van der Waals surface area contributed by atoms with E-state index in [2.05, 4.69) is 19.2 Å². The lowest BCUT2D eigenvalue weighted by Gasteiger charge is -2.26. The molecule has 0 spiro atoms. The monoisotopic (exact) mass is 254 g/mol. The largest absolute Gasteiger partial charge is 0.354 e. The zero-order valence-corrected chi connectivity index (χ0v) is 12.1. The second kappa shape index (κ2) is 8.52. The highest BCUT2D eigenvalue weighted by molar-refractivity contribution is 5.76. The Morgan fingerprint density at radius 3 is 2.89 bits per heavy atom. The average molecular weight is 254 g/mol. The van der Waals surface area contributed by atoms with Crippen LogP contribution >= 0.6 is 0 Å². The Kier molecular flexibility index (Phi) is 7.33. The molecule has 0 radical (unpaired) electrons. The maximum atomic E-state index is 11.8. The fraction of sp³-hybridized carbons (Fsp3) is 0.933. The SMILES string of the molecule is CCCCC(C)NC(=O)CCC1CCCC(N)C1. The fourth-order valence-corrected chi connectivity index (χ4v) is 2.86. The number of rotatable bonds is 7. The molecular weight excluding hydrogens is 224 g/mol. The molecule has 1 aliphatic carbocycles. The summed E-state index contributed by atoms with van der Waals surface area (Å²) in [6.45, 7) is 4.28. The summed E-state index contributed by atoms with van der Waals surface area (Å²) in [5.41, 5.74) is 5.97. The Morgan fingerprint density at radius 1 is 1.44 bits per heavy atom. The molecule has 0 aromatic carbocycles. The summed E-state index contributed by atoms with van der Waals surface area (Å²) < 4.78 is 0. The Morgan fingerprint density at radius 2 is 2.22 bits per heavy atom. The van der Waals surface area contributed by atoms with Crippen molar-refractivity contribution in [3.8, 4) is 0 Å². The van der Waals surface area contributed by atoms with Crippen molar-refractivity contribution in [3.63, 3.8) is 0 Å². The number of carbonyl (C=O) groups is 1. The maximum Gasteiger partial charge on any atom is 0.220 e. The normalized spacial score (nSPS) is 25.7. The number of nitrogens with one attached hydrogen (secondary N) is 1. The van der Waals surface area contributed by atoms with Crippen LogP contribution in [0.15, 0.2) is 0 Å². The van der Waals surface area contributed by atoms with Crippen LogP contribution in [-0.4, -0.2) is 18.0 Å². The van der Waals surface area contributed by atoms with E-state index in [0.717, 1.165) is 25.7 Å². The van der Waals surface area contributed by atoms with Gasteiger partial charge in [-0.25, -0.2) is 0 Å². The van der Waals surface area contributed by atoms with Gasteiger partial charge in [0, 0.05) is 18.5 Å². The highest BCUT2D eigenvalue weighted by atomic mass is 16.1. The Bertz CT molecular complexity index is 243. The van der Waals surface area contributed by atoms with Gasteiger partial charge in [-0.1, -0.05) is 32.6 Å². The van der Waals surface area contributed by atoms with E-state index in [1.165, 1.54) is 25.7 Å². The molecule has 0 bridgehead atoms. The first kappa shape index (κ1) is 15.5. The zero-order chi connectivity index (χ0) is 13.4. The van der Waals surface area contributed by atoms with Gasteiger partial charge < -0.3 is 11.1 Å². The van der Waals surface area contributed by atoms with E-state index in [4.69, 9.17) is 5.73 Å². The van der Waals surface area contributed by atoms with Crippen LogP contribution in [0.25, 0.3) is 0 Å². The quantitative estimate of drug-likeness (QED) is 0.734. The average Bonchev–Trinajstić information content (AvgIpc) is 2.34. The van der Waals surface area contributed by atoms with Crippen molar-refractivity contribution in [2.45, 2.75) is 83.7 Å². The summed E-state index contributed by atoms with van der Waals surface area (Å²) in [6.07, 6.45) is 9.94. The molecule has 3 nitrogen and oxygen atoms in total. The van der Waals surface area contributed by atoms with E-state index in [1.54, 1.807) is 0 Å². The molecule has 1 saturated carbocycles. The highest BCUT2D eigenvalue weighted by Crippen LogP contribution is 2.26. The van der Waals surface area contributed by atoms with Gasteiger partial charge in [-0.05, 0) is 38.5 Å². The van der Waals surface area contributed by atoms with E-state index in [9.17, 15) is 4.79 Å². The van der Waals surface area contributed by atoms with Crippen LogP contribution in [0, 0.1) is 5.92 Å². The minimum atomic E-state index is 0.220. The van der Waals surface area contributed by atoms with Crippen LogP contribution in [-0.2, 0) is 4.79 Å². The third-order valence-electron chi connectivity index (χ3n) is 4.00. The van der Waals surface area contributed by atoms with Crippen LogP contribution in [0.2, 0.25) is 0 Å². The molecule has 3 heteroatoms. The van der Waals surface area contributed by atoms with E-state index in [-0.39, 0.29) is 5.91 Å². The van der Waals surface area contributed by atoms with Gasteiger partial charge in [-0.2, -0.15) is 0 Å². The fourth-order valence-electron chi connectivity index (χ4n) is 2.86. The van der Waals surface area contributed by atoms with Crippen LogP contribution < -0.4 is 11.1 Å².